The Morgan fingerprint density at radius 3 is 2.70 bits per heavy atom. The van der Waals surface area contributed by atoms with Crippen LogP contribution in [0.4, 0.5) is 5.69 Å². The Labute approximate surface area is 120 Å². The van der Waals surface area contributed by atoms with E-state index in [1.165, 1.54) is 6.07 Å². The largest absolute Gasteiger partial charge is 0.478 e. The number of benzene rings is 1. The molecule has 1 amide bonds. The molecule has 2 N–H and O–H groups in total. The minimum Gasteiger partial charge on any atom is -0.478 e. The van der Waals surface area contributed by atoms with Crippen LogP contribution in [-0.2, 0) is 6.54 Å². The van der Waals surface area contributed by atoms with E-state index in [4.69, 9.17) is 16.7 Å². The number of para-hydroxylation sites is 1. The van der Waals surface area contributed by atoms with E-state index in [2.05, 4.69) is 5.32 Å². The van der Waals surface area contributed by atoms with E-state index in [-0.39, 0.29) is 11.3 Å². The Balaban J connectivity index is 2.30. The first-order valence-corrected chi connectivity index (χ1v) is 6.40. The third kappa shape index (κ3) is 2.83. The van der Waals surface area contributed by atoms with Gasteiger partial charge in [-0.2, -0.15) is 0 Å². The van der Waals surface area contributed by atoms with Crippen LogP contribution in [0.3, 0.4) is 0 Å². The second kappa shape index (κ2) is 5.79. The Morgan fingerprint density at radius 2 is 2.05 bits per heavy atom. The van der Waals surface area contributed by atoms with Gasteiger partial charge in [-0.25, -0.2) is 4.79 Å². The maximum absolute atomic E-state index is 12.2. The van der Waals surface area contributed by atoms with Crippen LogP contribution in [0.1, 0.15) is 27.8 Å². The smallest absolute Gasteiger partial charge is 0.337 e. The fraction of sp³-hybridized carbons (Fsp3) is 0.143. The van der Waals surface area contributed by atoms with E-state index in [9.17, 15) is 9.59 Å². The Bertz CT molecular complexity index is 664. The summed E-state index contributed by atoms with van der Waals surface area (Å²) in [7, 11) is 0. The second-order valence-electron chi connectivity index (χ2n) is 4.13. The van der Waals surface area contributed by atoms with Crippen LogP contribution in [0.15, 0.2) is 36.5 Å². The standard InChI is InChI=1S/C14H13ClN2O3/c1-2-17-8-9(15)7-12(17)13(18)16-11-6-4-3-5-10(11)14(19)20/h3-8H,2H2,1H3,(H,16,18)(H,19,20). The molecular weight excluding hydrogens is 280 g/mol. The molecule has 0 aliphatic carbocycles. The molecule has 0 fully saturated rings. The molecule has 5 nitrogen and oxygen atoms in total. The fourth-order valence-electron chi connectivity index (χ4n) is 1.89. The van der Waals surface area contributed by atoms with Crippen molar-refractivity contribution in [3.8, 4) is 0 Å². The van der Waals surface area contributed by atoms with Crippen molar-refractivity contribution in [2.24, 2.45) is 0 Å². The number of carboxylic acid groups (broad SMARTS) is 1. The molecule has 1 heterocycles. The van der Waals surface area contributed by atoms with E-state index in [1.807, 2.05) is 6.92 Å². The summed E-state index contributed by atoms with van der Waals surface area (Å²) in [5.41, 5.74) is 0.684. The molecular formula is C14H13ClN2O3. The first kappa shape index (κ1) is 14.1. The van der Waals surface area contributed by atoms with E-state index in [0.717, 1.165) is 0 Å². The van der Waals surface area contributed by atoms with Crippen molar-refractivity contribution in [2.75, 3.05) is 5.32 Å². The summed E-state index contributed by atoms with van der Waals surface area (Å²) in [4.78, 5) is 23.3. The van der Waals surface area contributed by atoms with Gasteiger partial charge in [-0.1, -0.05) is 23.7 Å². The van der Waals surface area contributed by atoms with E-state index in [1.54, 1.807) is 35.0 Å². The molecule has 0 aliphatic heterocycles. The molecule has 2 aromatic rings. The van der Waals surface area contributed by atoms with Crippen LogP contribution < -0.4 is 5.32 Å². The van der Waals surface area contributed by atoms with Gasteiger partial charge in [-0.15, -0.1) is 0 Å². The lowest BCUT2D eigenvalue weighted by Gasteiger charge is -2.09. The maximum Gasteiger partial charge on any atom is 0.337 e. The highest BCUT2D eigenvalue weighted by Crippen LogP contribution is 2.19. The van der Waals surface area contributed by atoms with Crippen LogP contribution in [0, 0.1) is 0 Å². The van der Waals surface area contributed by atoms with Crippen LogP contribution in [-0.4, -0.2) is 21.6 Å². The number of aromatic carboxylic acids is 1. The lowest BCUT2D eigenvalue weighted by Crippen LogP contribution is -2.18. The molecule has 0 saturated heterocycles. The van der Waals surface area contributed by atoms with E-state index < -0.39 is 11.9 Å². The van der Waals surface area contributed by atoms with Gasteiger partial charge in [0.1, 0.15) is 5.69 Å². The normalized spacial score (nSPS) is 10.3. The van der Waals surface area contributed by atoms with Gasteiger partial charge in [0.25, 0.3) is 5.91 Å². The topological polar surface area (TPSA) is 71.3 Å². The number of hydrogen-bond donors (Lipinski definition) is 2. The molecule has 0 saturated carbocycles. The quantitative estimate of drug-likeness (QED) is 0.909. The number of nitrogens with zero attached hydrogens (tertiary/aromatic N) is 1. The number of anilines is 1. The SMILES string of the molecule is CCn1cc(Cl)cc1C(=O)Nc1ccccc1C(=O)O. The number of aromatic nitrogens is 1. The van der Waals surface area contributed by atoms with Gasteiger partial charge >= 0.3 is 5.97 Å². The number of aryl methyl sites for hydroxylation is 1. The van der Waals surface area contributed by atoms with Crippen molar-refractivity contribution < 1.29 is 14.7 Å². The highest BCUT2D eigenvalue weighted by Gasteiger charge is 2.16. The number of carbonyl (C=O) groups is 2. The first-order valence-electron chi connectivity index (χ1n) is 6.02. The highest BCUT2D eigenvalue weighted by atomic mass is 35.5. The molecule has 0 bridgehead atoms. The number of amides is 1. The van der Waals surface area contributed by atoms with Gasteiger partial charge in [0.15, 0.2) is 0 Å². The van der Waals surface area contributed by atoms with Crippen LogP contribution in [0.2, 0.25) is 5.02 Å². The number of carboxylic acids is 1. The van der Waals surface area contributed by atoms with Gasteiger partial charge < -0.3 is 15.0 Å². The molecule has 1 aromatic carbocycles. The third-order valence-corrected chi connectivity index (χ3v) is 3.05. The van der Waals surface area contributed by atoms with Gasteiger partial charge in [-0.05, 0) is 25.1 Å². The monoisotopic (exact) mass is 292 g/mol. The first-order chi connectivity index (χ1) is 9.52. The number of carbonyl (C=O) groups excluding carboxylic acids is 1. The Hall–Kier alpha value is -2.27. The minimum absolute atomic E-state index is 0.0431. The second-order valence-corrected chi connectivity index (χ2v) is 4.57. The number of halogens is 1. The van der Waals surface area contributed by atoms with Crippen molar-refractivity contribution in [1.29, 1.82) is 0 Å². The lowest BCUT2D eigenvalue weighted by molar-refractivity contribution is 0.0698. The lowest BCUT2D eigenvalue weighted by atomic mass is 10.2. The van der Waals surface area contributed by atoms with E-state index in [0.29, 0.717) is 17.3 Å². The molecule has 6 heteroatoms. The van der Waals surface area contributed by atoms with E-state index >= 15 is 0 Å². The summed E-state index contributed by atoms with van der Waals surface area (Å²) in [6.45, 7) is 2.48. The number of hydrogen-bond acceptors (Lipinski definition) is 2. The van der Waals surface area contributed by atoms with Crippen LogP contribution in [0.5, 0.6) is 0 Å². The molecule has 1 aromatic heterocycles. The minimum atomic E-state index is -1.09. The van der Waals surface area contributed by atoms with Crippen molar-refractivity contribution >= 4 is 29.2 Å². The Kier molecular flexibility index (Phi) is 4.10. The predicted molar refractivity (Wildman–Crippen MR) is 76.5 cm³/mol. The maximum atomic E-state index is 12.2. The number of nitrogens with one attached hydrogen (secondary N) is 1. The Morgan fingerprint density at radius 1 is 1.35 bits per heavy atom. The molecule has 0 atom stereocenters. The average Bonchev–Trinajstić information content (AvgIpc) is 2.80. The molecule has 20 heavy (non-hydrogen) atoms. The van der Waals surface area contributed by atoms with Crippen molar-refractivity contribution in [1.82, 2.24) is 4.57 Å². The van der Waals surface area contributed by atoms with Crippen molar-refractivity contribution in [3.63, 3.8) is 0 Å². The third-order valence-electron chi connectivity index (χ3n) is 2.84. The fourth-order valence-corrected chi connectivity index (χ4v) is 2.11. The predicted octanol–water partition coefficient (Wildman–Crippen LogP) is 3.11. The van der Waals surface area contributed by atoms with Gasteiger partial charge in [0, 0.05) is 12.7 Å². The van der Waals surface area contributed by atoms with Crippen molar-refractivity contribution in [3.05, 3.63) is 52.8 Å². The van der Waals surface area contributed by atoms with Gasteiger partial charge in [0.2, 0.25) is 0 Å². The summed E-state index contributed by atoms with van der Waals surface area (Å²) in [5, 5.41) is 12.1. The highest BCUT2D eigenvalue weighted by molar-refractivity contribution is 6.31. The zero-order valence-electron chi connectivity index (χ0n) is 10.8. The molecule has 0 radical (unpaired) electrons. The zero-order valence-corrected chi connectivity index (χ0v) is 11.5. The van der Waals surface area contributed by atoms with Crippen LogP contribution in [0.25, 0.3) is 0 Å². The summed E-state index contributed by atoms with van der Waals surface area (Å²) >= 11 is 5.88. The summed E-state index contributed by atoms with van der Waals surface area (Å²) in [5.74, 6) is -1.49. The molecule has 0 spiro atoms. The molecule has 0 aliphatic rings. The number of rotatable bonds is 4. The molecule has 104 valence electrons. The summed E-state index contributed by atoms with van der Waals surface area (Å²) < 4.78 is 1.70. The molecule has 0 unspecified atom stereocenters. The zero-order chi connectivity index (χ0) is 14.7. The summed E-state index contributed by atoms with van der Waals surface area (Å²) in [6, 6.07) is 7.79. The summed E-state index contributed by atoms with van der Waals surface area (Å²) in [6.07, 6.45) is 1.65. The molecule has 2 rings (SSSR count). The average molecular weight is 293 g/mol. The van der Waals surface area contributed by atoms with Crippen molar-refractivity contribution in [2.45, 2.75) is 13.5 Å². The van der Waals surface area contributed by atoms with Gasteiger partial charge in [0.05, 0.1) is 16.3 Å². The van der Waals surface area contributed by atoms with Crippen LogP contribution >= 0.6 is 11.6 Å². The van der Waals surface area contributed by atoms with Gasteiger partial charge in [-0.3, -0.25) is 4.79 Å².